The molecule has 1 aliphatic heterocycles. The summed E-state index contributed by atoms with van der Waals surface area (Å²) >= 11 is 0. The van der Waals surface area contributed by atoms with Gasteiger partial charge < -0.3 is 14.4 Å². The zero-order valence-corrected chi connectivity index (χ0v) is 12.5. The number of rotatable bonds is 4. The average molecular weight is 280 g/mol. The molecule has 1 amide bonds. The molecule has 0 radical (unpaired) electrons. The molecule has 1 aromatic rings. The summed E-state index contributed by atoms with van der Waals surface area (Å²) in [5.41, 5.74) is 0. The van der Waals surface area contributed by atoms with E-state index in [2.05, 4.69) is 6.92 Å². The van der Waals surface area contributed by atoms with E-state index in [1.165, 1.54) is 0 Å². The van der Waals surface area contributed by atoms with E-state index in [9.17, 15) is 9.90 Å². The number of β-amino-alcohol motifs (C(OH)–C–C–N with tert-alkyl or cyclic N) is 1. The maximum atomic E-state index is 12.2. The molecule has 0 aromatic carbocycles. The number of aliphatic hydroxyl groups is 1. The van der Waals surface area contributed by atoms with E-state index in [0.29, 0.717) is 25.6 Å². The summed E-state index contributed by atoms with van der Waals surface area (Å²) in [4.78, 5) is 15.9. The first-order chi connectivity index (χ1) is 9.45. The third-order valence-electron chi connectivity index (χ3n) is 3.98. The highest BCUT2D eigenvalue weighted by molar-refractivity contribution is 5.77. The first-order valence-electron chi connectivity index (χ1n) is 7.15. The first-order valence-corrected chi connectivity index (χ1v) is 7.15. The van der Waals surface area contributed by atoms with Crippen molar-refractivity contribution in [3.05, 3.63) is 23.7 Å². The van der Waals surface area contributed by atoms with Gasteiger partial charge in [0.2, 0.25) is 5.91 Å². The Balaban J connectivity index is 1.82. The number of furan rings is 1. The van der Waals surface area contributed by atoms with E-state index in [-0.39, 0.29) is 12.0 Å². The number of nitrogens with zero attached hydrogens (tertiary/aromatic N) is 2. The van der Waals surface area contributed by atoms with Crippen LogP contribution < -0.4 is 0 Å². The van der Waals surface area contributed by atoms with Crippen LogP contribution in [0.25, 0.3) is 0 Å². The lowest BCUT2D eigenvalue weighted by atomic mass is 9.96. The van der Waals surface area contributed by atoms with E-state index in [4.69, 9.17) is 4.42 Å². The van der Waals surface area contributed by atoms with Gasteiger partial charge in [-0.05, 0) is 37.9 Å². The molecular formula is C15H24N2O3. The molecule has 1 aliphatic rings. The van der Waals surface area contributed by atoms with Crippen LogP contribution in [0.2, 0.25) is 0 Å². The Morgan fingerprint density at radius 2 is 2.30 bits per heavy atom. The summed E-state index contributed by atoms with van der Waals surface area (Å²) in [5, 5.41) is 9.86. The van der Waals surface area contributed by atoms with Gasteiger partial charge in [-0.1, -0.05) is 6.92 Å². The molecule has 112 valence electrons. The highest BCUT2D eigenvalue weighted by Crippen LogP contribution is 2.17. The minimum absolute atomic E-state index is 0.0563. The molecule has 2 unspecified atom stereocenters. The van der Waals surface area contributed by atoms with Crippen molar-refractivity contribution in [2.24, 2.45) is 5.92 Å². The summed E-state index contributed by atoms with van der Waals surface area (Å²) < 4.78 is 5.48. The maximum absolute atomic E-state index is 12.2. The molecule has 5 heteroatoms. The summed E-state index contributed by atoms with van der Waals surface area (Å²) in [6.45, 7) is 6.24. The standard InChI is InChI=1S/C15H24N2O3/c1-11-6-7-17(9-14(11)18)10-15(19)16(3)8-13-5-4-12(2)20-13/h4-5,11,14,18H,6-10H2,1-3H3. The molecule has 0 aliphatic carbocycles. The number of carbonyl (C=O) groups excluding carboxylic acids is 1. The second kappa shape index (κ2) is 6.41. The monoisotopic (exact) mass is 280 g/mol. The quantitative estimate of drug-likeness (QED) is 0.902. The fraction of sp³-hybridized carbons (Fsp3) is 0.667. The van der Waals surface area contributed by atoms with Crippen LogP contribution in [0.3, 0.4) is 0 Å². The third kappa shape index (κ3) is 3.84. The minimum atomic E-state index is -0.324. The normalized spacial score (nSPS) is 23.8. The average Bonchev–Trinajstić information content (AvgIpc) is 2.79. The Labute approximate surface area is 120 Å². The summed E-state index contributed by atoms with van der Waals surface area (Å²) in [6, 6.07) is 3.79. The van der Waals surface area contributed by atoms with Gasteiger partial charge in [0.05, 0.1) is 19.2 Å². The van der Waals surface area contributed by atoms with Crippen LogP contribution in [0.15, 0.2) is 16.5 Å². The number of piperidine rings is 1. The zero-order valence-electron chi connectivity index (χ0n) is 12.5. The Kier molecular flexibility index (Phi) is 4.83. The number of hydrogen-bond acceptors (Lipinski definition) is 4. The van der Waals surface area contributed by atoms with Gasteiger partial charge in [0.25, 0.3) is 0 Å². The number of likely N-dealkylation sites (N-methyl/N-ethyl adjacent to an activating group) is 1. The molecule has 0 spiro atoms. The minimum Gasteiger partial charge on any atom is -0.464 e. The molecule has 1 aromatic heterocycles. The van der Waals surface area contributed by atoms with E-state index < -0.39 is 0 Å². The smallest absolute Gasteiger partial charge is 0.236 e. The van der Waals surface area contributed by atoms with Crippen LogP contribution in [0, 0.1) is 12.8 Å². The number of carbonyl (C=O) groups is 1. The van der Waals surface area contributed by atoms with Crippen molar-refractivity contribution in [2.75, 3.05) is 26.7 Å². The van der Waals surface area contributed by atoms with Gasteiger partial charge in [-0.15, -0.1) is 0 Å². The lowest BCUT2D eigenvalue weighted by Crippen LogP contribution is -2.47. The molecule has 20 heavy (non-hydrogen) atoms. The SMILES string of the molecule is Cc1ccc(CN(C)C(=O)CN2CCC(C)C(O)C2)o1. The summed E-state index contributed by atoms with van der Waals surface area (Å²) in [6.07, 6.45) is 0.616. The Hall–Kier alpha value is -1.33. The Morgan fingerprint density at radius 3 is 2.90 bits per heavy atom. The van der Waals surface area contributed by atoms with E-state index in [1.54, 1.807) is 11.9 Å². The summed E-state index contributed by atoms with van der Waals surface area (Å²) in [5.74, 6) is 2.03. The number of likely N-dealkylation sites (tertiary alicyclic amines) is 1. The number of aryl methyl sites for hydroxylation is 1. The van der Waals surface area contributed by atoms with Crippen LogP contribution in [0.5, 0.6) is 0 Å². The fourth-order valence-electron chi connectivity index (χ4n) is 2.46. The van der Waals surface area contributed by atoms with E-state index >= 15 is 0 Å². The molecular weight excluding hydrogens is 256 g/mol. The third-order valence-corrected chi connectivity index (χ3v) is 3.98. The number of amides is 1. The van der Waals surface area contributed by atoms with Gasteiger partial charge in [0, 0.05) is 13.6 Å². The Bertz CT molecular complexity index is 458. The van der Waals surface area contributed by atoms with Crippen LogP contribution >= 0.6 is 0 Å². The van der Waals surface area contributed by atoms with Crippen molar-refractivity contribution in [2.45, 2.75) is 32.9 Å². The van der Waals surface area contributed by atoms with Gasteiger partial charge in [0.1, 0.15) is 11.5 Å². The summed E-state index contributed by atoms with van der Waals surface area (Å²) in [7, 11) is 1.78. The predicted octanol–water partition coefficient (Wildman–Crippen LogP) is 1.25. The molecule has 1 N–H and O–H groups in total. The molecule has 2 atom stereocenters. The van der Waals surface area contributed by atoms with Crippen molar-refractivity contribution < 1.29 is 14.3 Å². The molecule has 5 nitrogen and oxygen atoms in total. The van der Waals surface area contributed by atoms with Crippen molar-refractivity contribution >= 4 is 5.91 Å². The van der Waals surface area contributed by atoms with Crippen LogP contribution in [-0.4, -0.2) is 53.6 Å². The molecule has 0 bridgehead atoms. The molecule has 1 fully saturated rings. The molecule has 0 saturated carbocycles. The fourth-order valence-corrected chi connectivity index (χ4v) is 2.46. The highest BCUT2D eigenvalue weighted by Gasteiger charge is 2.26. The van der Waals surface area contributed by atoms with Crippen LogP contribution in [-0.2, 0) is 11.3 Å². The van der Waals surface area contributed by atoms with Crippen LogP contribution in [0.1, 0.15) is 24.9 Å². The molecule has 2 rings (SSSR count). The van der Waals surface area contributed by atoms with Gasteiger partial charge in [-0.25, -0.2) is 0 Å². The van der Waals surface area contributed by atoms with Crippen molar-refractivity contribution in [3.63, 3.8) is 0 Å². The lowest BCUT2D eigenvalue weighted by molar-refractivity contribution is -0.132. The van der Waals surface area contributed by atoms with E-state index in [0.717, 1.165) is 24.5 Å². The molecule has 1 saturated heterocycles. The predicted molar refractivity (Wildman–Crippen MR) is 76.1 cm³/mol. The van der Waals surface area contributed by atoms with Crippen molar-refractivity contribution in [1.82, 2.24) is 9.80 Å². The van der Waals surface area contributed by atoms with Gasteiger partial charge in [-0.2, -0.15) is 0 Å². The second-order valence-corrected chi connectivity index (χ2v) is 5.83. The van der Waals surface area contributed by atoms with E-state index in [1.807, 2.05) is 24.0 Å². The van der Waals surface area contributed by atoms with Gasteiger partial charge in [-0.3, -0.25) is 9.69 Å². The van der Waals surface area contributed by atoms with Gasteiger partial charge in [0.15, 0.2) is 0 Å². The van der Waals surface area contributed by atoms with Gasteiger partial charge >= 0.3 is 0 Å². The number of hydrogen-bond donors (Lipinski definition) is 1. The topological polar surface area (TPSA) is 56.9 Å². The largest absolute Gasteiger partial charge is 0.464 e. The Morgan fingerprint density at radius 1 is 1.55 bits per heavy atom. The maximum Gasteiger partial charge on any atom is 0.236 e. The second-order valence-electron chi connectivity index (χ2n) is 5.83. The lowest BCUT2D eigenvalue weighted by Gasteiger charge is -2.34. The first kappa shape index (κ1) is 15.1. The highest BCUT2D eigenvalue weighted by atomic mass is 16.3. The number of aliphatic hydroxyl groups excluding tert-OH is 1. The van der Waals surface area contributed by atoms with Crippen molar-refractivity contribution in [3.8, 4) is 0 Å². The zero-order chi connectivity index (χ0) is 14.7. The molecule has 2 heterocycles. The van der Waals surface area contributed by atoms with Crippen molar-refractivity contribution in [1.29, 1.82) is 0 Å². The van der Waals surface area contributed by atoms with Crippen LogP contribution in [0.4, 0.5) is 0 Å².